The smallest absolute Gasteiger partial charge is 0.876 e. The summed E-state index contributed by atoms with van der Waals surface area (Å²) in [5, 5.41) is 29.9. The summed E-state index contributed by atoms with van der Waals surface area (Å²) in [4.78, 5) is 29.9. The minimum Gasteiger partial charge on any atom is -0.876 e. The van der Waals surface area contributed by atoms with Gasteiger partial charge >= 0.3 is 16.5 Å². The van der Waals surface area contributed by atoms with Gasteiger partial charge in [-0.25, -0.2) is 0 Å². The number of carbonyl (C=O) groups excluding carboxylic acids is 3. The van der Waals surface area contributed by atoms with Crippen molar-refractivity contribution in [2.24, 2.45) is 0 Å². The van der Waals surface area contributed by atoms with Crippen molar-refractivity contribution < 1.29 is 46.2 Å². The van der Waals surface area contributed by atoms with Gasteiger partial charge in [0.1, 0.15) is 0 Å². The number of rotatable bonds is 3. The first-order valence-corrected chi connectivity index (χ1v) is 5.96. The van der Waals surface area contributed by atoms with Gasteiger partial charge in [-0.05, 0) is 39.0 Å². The summed E-state index contributed by atoms with van der Waals surface area (Å²) in [6.45, 7) is 8.09. The van der Waals surface area contributed by atoms with E-state index in [1.165, 1.54) is 41.5 Å². The van der Waals surface area contributed by atoms with Crippen molar-refractivity contribution in [3.05, 3.63) is 35.5 Å². The molecule has 0 fully saturated rings. The molecule has 7 heteroatoms. The zero-order chi connectivity index (χ0) is 17.6. The number of allylic oxidation sites excluding steroid dienone is 6. The second-order valence-electron chi connectivity index (χ2n) is 4.10. The Morgan fingerprint density at radius 1 is 0.545 bits per heavy atom. The predicted octanol–water partition coefficient (Wildman–Crippen LogP) is -0.484. The normalized spacial score (nSPS) is 10.9. The molecular weight excluding hydrogens is 335 g/mol. The van der Waals surface area contributed by atoms with Crippen molar-refractivity contribution in [3.63, 3.8) is 0 Å². The standard InChI is InChI=1S/3C5H8O2.Ni/c3*1-4(6)3-5(2)7;/h3*3,6H,1-2H3;/q;;;+3/p-3/b3*4-3-;. The van der Waals surface area contributed by atoms with E-state index >= 15 is 0 Å². The maximum absolute atomic E-state index is 9.98. The van der Waals surface area contributed by atoms with Gasteiger partial charge in [-0.1, -0.05) is 20.8 Å². The van der Waals surface area contributed by atoms with Crippen LogP contribution in [0.5, 0.6) is 0 Å². The van der Waals surface area contributed by atoms with E-state index in [9.17, 15) is 29.7 Å². The number of hydrogen-bond donors (Lipinski definition) is 0. The summed E-state index contributed by atoms with van der Waals surface area (Å²) in [5.41, 5.74) is 0. The first kappa shape index (κ1) is 28.3. The molecule has 0 atom stereocenters. The fraction of sp³-hybridized carbons (Fsp3) is 0.400. The molecule has 0 aromatic heterocycles. The van der Waals surface area contributed by atoms with E-state index in [1.807, 2.05) is 0 Å². The van der Waals surface area contributed by atoms with Crippen LogP contribution in [-0.4, -0.2) is 17.3 Å². The minimum absolute atomic E-state index is 0. The molecule has 22 heavy (non-hydrogen) atoms. The van der Waals surface area contributed by atoms with E-state index in [1.54, 1.807) is 0 Å². The van der Waals surface area contributed by atoms with Crippen LogP contribution in [0.4, 0.5) is 0 Å². The quantitative estimate of drug-likeness (QED) is 0.383. The molecule has 0 aliphatic heterocycles. The molecule has 0 saturated carbocycles. The molecule has 0 aromatic carbocycles. The SMILES string of the molecule is CC(=O)/C=C(/C)[O-].CC(=O)/C=C(/C)[O-].CC(=O)/C=C(/C)[O-].[Ni+3]. The van der Waals surface area contributed by atoms with Crippen molar-refractivity contribution in [3.8, 4) is 0 Å². The van der Waals surface area contributed by atoms with Crippen molar-refractivity contribution in [2.45, 2.75) is 41.5 Å². The van der Waals surface area contributed by atoms with Crippen molar-refractivity contribution in [2.75, 3.05) is 0 Å². The molecule has 0 heterocycles. The molecule has 0 saturated heterocycles. The van der Waals surface area contributed by atoms with Crippen LogP contribution in [0.3, 0.4) is 0 Å². The number of ketones is 3. The molecule has 1 radical (unpaired) electrons. The largest absolute Gasteiger partial charge is 3.00 e. The van der Waals surface area contributed by atoms with Crippen molar-refractivity contribution >= 4 is 17.3 Å². The number of carbonyl (C=O) groups is 3. The monoisotopic (exact) mass is 355 g/mol. The summed E-state index contributed by atoms with van der Waals surface area (Å²) in [5.74, 6) is -1.12. The van der Waals surface area contributed by atoms with Gasteiger partial charge in [0.05, 0.1) is 0 Å². The molecular formula is C15H21NiO6. The summed E-state index contributed by atoms with van der Waals surface area (Å²) in [6.07, 6.45) is 3.17. The molecule has 0 bridgehead atoms. The zero-order valence-electron chi connectivity index (χ0n) is 13.5. The maximum atomic E-state index is 9.98. The average Bonchev–Trinajstić information content (AvgIpc) is 2.10. The number of hydrogen-bond acceptors (Lipinski definition) is 6. The molecule has 6 nitrogen and oxygen atoms in total. The summed E-state index contributed by atoms with van der Waals surface area (Å²) in [6, 6.07) is 0. The molecule has 0 aliphatic rings. The Bertz CT molecular complexity index is 368. The van der Waals surface area contributed by atoms with Gasteiger partial charge in [-0.15, -0.1) is 17.3 Å². The average molecular weight is 356 g/mol. The summed E-state index contributed by atoms with van der Waals surface area (Å²) < 4.78 is 0. The van der Waals surface area contributed by atoms with Gasteiger partial charge in [0.25, 0.3) is 0 Å². The molecule has 0 N–H and O–H groups in total. The third-order valence-corrected chi connectivity index (χ3v) is 1.22. The van der Waals surface area contributed by atoms with Crippen LogP contribution in [-0.2, 0) is 30.9 Å². The summed E-state index contributed by atoms with van der Waals surface area (Å²) in [7, 11) is 0. The van der Waals surface area contributed by atoms with Crippen LogP contribution in [0, 0.1) is 0 Å². The molecule has 0 aliphatic carbocycles. The molecule has 0 aromatic rings. The molecule has 0 unspecified atom stereocenters. The topological polar surface area (TPSA) is 120 Å². The molecule has 0 rings (SSSR count). The third-order valence-electron chi connectivity index (χ3n) is 1.22. The summed E-state index contributed by atoms with van der Waals surface area (Å²) >= 11 is 0. The molecule has 0 amide bonds. The predicted molar refractivity (Wildman–Crippen MR) is 73.3 cm³/mol. The van der Waals surface area contributed by atoms with Gasteiger partial charge in [0, 0.05) is 0 Å². The first-order chi connectivity index (χ1) is 9.38. The third kappa shape index (κ3) is 51.9. The van der Waals surface area contributed by atoms with Gasteiger partial charge in [-0.2, -0.15) is 0 Å². The van der Waals surface area contributed by atoms with E-state index in [-0.39, 0.29) is 51.1 Å². The fourth-order valence-electron chi connectivity index (χ4n) is 0.859. The fourth-order valence-corrected chi connectivity index (χ4v) is 0.859. The van der Waals surface area contributed by atoms with E-state index in [0.29, 0.717) is 0 Å². The van der Waals surface area contributed by atoms with E-state index in [4.69, 9.17) is 0 Å². The van der Waals surface area contributed by atoms with Gasteiger partial charge in [-0.3, -0.25) is 14.4 Å². The zero-order valence-corrected chi connectivity index (χ0v) is 14.5. The van der Waals surface area contributed by atoms with Crippen LogP contribution in [0.15, 0.2) is 35.5 Å². The van der Waals surface area contributed by atoms with E-state index in [0.717, 1.165) is 18.2 Å². The Labute approximate surface area is 141 Å². The first-order valence-electron chi connectivity index (χ1n) is 5.96. The van der Waals surface area contributed by atoms with Gasteiger partial charge < -0.3 is 15.3 Å². The van der Waals surface area contributed by atoms with Crippen LogP contribution < -0.4 is 15.3 Å². The Morgan fingerprint density at radius 3 is 0.682 bits per heavy atom. The van der Waals surface area contributed by atoms with E-state index < -0.39 is 0 Å². The molecule has 127 valence electrons. The Balaban J connectivity index is -0.000000108. The van der Waals surface area contributed by atoms with Crippen molar-refractivity contribution in [1.29, 1.82) is 0 Å². The Morgan fingerprint density at radius 2 is 0.682 bits per heavy atom. The van der Waals surface area contributed by atoms with Gasteiger partial charge in [0.2, 0.25) is 0 Å². The second-order valence-corrected chi connectivity index (χ2v) is 4.10. The van der Waals surface area contributed by atoms with Crippen LogP contribution >= 0.6 is 0 Å². The van der Waals surface area contributed by atoms with E-state index in [2.05, 4.69) is 0 Å². The minimum atomic E-state index is -0.187. The van der Waals surface area contributed by atoms with Crippen LogP contribution in [0.25, 0.3) is 0 Å². The van der Waals surface area contributed by atoms with Gasteiger partial charge in [0.15, 0.2) is 17.3 Å². The van der Waals surface area contributed by atoms with Crippen molar-refractivity contribution in [1.82, 2.24) is 0 Å². The Hall–Kier alpha value is -1.88. The second kappa shape index (κ2) is 17.2. The van der Waals surface area contributed by atoms with Crippen LogP contribution in [0.2, 0.25) is 0 Å². The maximum Gasteiger partial charge on any atom is 3.00 e. The molecule has 0 spiro atoms. The Kier molecular flexibility index (Phi) is 22.1. The van der Waals surface area contributed by atoms with Crippen LogP contribution in [0.1, 0.15) is 41.5 Å².